The standard InChI is InChI=1S/C23H36N2O2.C13H18ClNO/c1-21(2,3)25-20(27)17-8-7-15-14-6-9-18-23(5,13-11-19(26)24-18)16(14)10-12-22(15,17)4;1-9(15-13(2,3)4)12(16)10-6-5-7-11(14)8-10/h11,13-18H,6-10,12H2,1-5H3,(H,24,26)(H,25,27);5-9,15H,1-4H3/t14-,15-,16-,17+,18+,22-,23+;/m0./s1. The van der Waals surface area contributed by atoms with Crippen LogP contribution in [0.25, 0.3) is 0 Å². The summed E-state index contributed by atoms with van der Waals surface area (Å²) in [6, 6.07) is 7.11. The third-order valence-electron chi connectivity index (χ3n) is 10.7. The van der Waals surface area contributed by atoms with Gasteiger partial charge in [0.2, 0.25) is 11.8 Å². The van der Waals surface area contributed by atoms with Gasteiger partial charge in [-0.1, -0.05) is 43.7 Å². The molecule has 1 aliphatic heterocycles. The number of halogens is 1. The van der Waals surface area contributed by atoms with Crippen molar-refractivity contribution in [2.24, 2.45) is 34.5 Å². The zero-order valence-electron chi connectivity index (χ0n) is 27.8. The van der Waals surface area contributed by atoms with Crippen molar-refractivity contribution < 1.29 is 14.4 Å². The molecule has 3 saturated carbocycles. The third-order valence-corrected chi connectivity index (χ3v) is 10.9. The van der Waals surface area contributed by atoms with Crippen LogP contribution in [-0.4, -0.2) is 40.8 Å². The summed E-state index contributed by atoms with van der Waals surface area (Å²) in [4.78, 5) is 36.9. The number of carbonyl (C=O) groups is 3. The first-order chi connectivity index (χ1) is 19.8. The molecular weight excluding hydrogens is 558 g/mol. The van der Waals surface area contributed by atoms with Crippen LogP contribution in [0.2, 0.25) is 5.02 Å². The molecule has 43 heavy (non-hydrogen) atoms. The van der Waals surface area contributed by atoms with Crippen molar-refractivity contribution in [2.45, 2.75) is 124 Å². The Bertz CT molecular complexity index is 1250. The molecular formula is C36H54ClN3O3. The van der Waals surface area contributed by atoms with E-state index in [0.29, 0.717) is 28.3 Å². The third kappa shape index (κ3) is 7.39. The minimum Gasteiger partial charge on any atom is -0.351 e. The van der Waals surface area contributed by atoms with Gasteiger partial charge in [0, 0.05) is 39.0 Å². The number of fused-ring (bicyclic) bond motifs is 5. The van der Waals surface area contributed by atoms with E-state index in [1.54, 1.807) is 30.3 Å². The van der Waals surface area contributed by atoms with E-state index in [0.717, 1.165) is 19.3 Å². The van der Waals surface area contributed by atoms with Gasteiger partial charge in [0.25, 0.3) is 0 Å². The molecule has 0 saturated heterocycles. The van der Waals surface area contributed by atoms with Crippen molar-refractivity contribution in [1.82, 2.24) is 16.0 Å². The van der Waals surface area contributed by atoms with Crippen LogP contribution in [0.4, 0.5) is 0 Å². The number of nitrogens with one attached hydrogen (secondary N) is 3. The number of ketones is 1. The molecule has 4 aliphatic rings. The molecule has 1 aromatic rings. The Morgan fingerprint density at radius 1 is 0.977 bits per heavy atom. The van der Waals surface area contributed by atoms with Crippen LogP contribution < -0.4 is 16.0 Å². The first kappa shape index (κ1) is 33.7. The van der Waals surface area contributed by atoms with E-state index >= 15 is 0 Å². The maximum Gasteiger partial charge on any atom is 0.243 e. The minimum atomic E-state index is -0.210. The molecule has 7 heteroatoms. The molecule has 0 bridgehead atoms. The number of hydrogen-bond acceptors (Lipinski definition) is 4. The van der Waals surface area contributed by atoms with E-state index in [1.165, 1.54) is 19.3 Å². The van der Waals surface area contributed by atoms with Crippen LogP contribution in [0.3, 0.4) is 0 Å². The lowest BCUT2D eigenvalue weighted by molar-refractivity contribution is -0.135. The molecule has 1 aromatic carbocycles. The molecule has 0 aromatic heterocycles. The van der Waals surface area contributed by atoms with E-state index in [1.807, 2.05) is 27.7 Å². The number of Topliss-reactive ketones (excluding diaryl/α,β-unsaturated/α-hetero) is 1. The molecule has 5 rings (SSSR count). The van der Waals surface area contributed by atoms with Gasteiger partial charge in [0.15, 0.2) is 5.78 Å². The van der Waals surface area contributed by atoms with Crippen LogP contribution in [-0.2, 0) is 9.59 Å². The highest BCUT2D eigenvalue weighted by Crippen LogP contribution is 2.65. The van der Waals surface area contributed by atoms with Gasteiger partial charge in [-0.3, -0.25) is 14.4 Å². The van der Waals surface area contributed by atoms with E-state index < -0.39 is 0 Å². The number of rotatable bonds is 4. The van der Waals surface area contributed by atoms with Gasteiger partial charge >= 0.3 is 0 Å². The quantitative estimate of drug-likeness (QED) is 0.317. The van der Waals surface area contributed by atoms with Crippen molar-refractivity contribution in [3.63, 3.8) is 0 Å². The summed E-state index contributed by atoms with van der Waals surface area (Å²) < 4.78 is 0. The first-order valence-electron chi connectivity index (χ1n) is 16.2. The average Bonchev–Trinajstić information content (AvgIpc) is 3.24. The Balaban J connectivity index is 0.000000227. The normalized spacial score (nSPS) is 34.0. The molecule has 3 aliphatic carbocycles. The second-order valence-corrected chi connectivity index (χ2v) is 16.6. The molecule has 0 spiro atoms. The van der Waals surface area contributed by atoms with E-state index in [4.69, 9.17) is 11.6 Å². The van der Waals surface area contributed by atoms with Crippen molar-refractivity contribution in [2.75, 3.05) is 0 Å². The lowest BCUT2D eigenvalue weighted by Gasteiger charge is -2.58. The van der Waals surface area contributed by atoms with Crippen LogP contribution >= 0.6 is 11.6 Å². The predicted octanol–water partition coefficient (Wildman–Crippen LogP) is 7.11. The second-order valence-electron chi connectivity index (χ2n) is 16.1. The molecule has 1 heterocycles. The summed E-state index contributed by atoms with van der Waals surface area (Å²) in [5.74, 6) is 2.47. The SMILES string of the molecule is CC(C)(C)NC(=O)[C@H]1CC[C@H]2[C@@H]3CC[C@H]4NC(=O)C=C[C@]4(C)[C@H]3CC[C@]12C.CC(NC(C)(C)C)C(=O)c1cccc(Cl)c1. The number of amides is 2. The number of hydrogen-bond donors (Lipinski definition) is 3. The Labute approximate surface area is 264 Å². The summed E-state index contributed by atoms with van der Waals surface area (Å²) in [6.45, 7) is 18.9. The van der Waals surface area contributed by atoms with Crippen molar-refractivity contribution >= 4 is 29.2 Å². The van der Waals surface area contributed by atoms with E-state index in [9.17, 15) is 14.4 Å². The summed E-state index contributed by atoms with van der Waals surface area (Å²) in [5.41, 5.74) is 0.606. The van der Waals surface area contributed by atoms with E-state index in [-0.39, 0.29) is 57.5 Å². The lowest BCUT2D eigenvalue weighted by Crippen LogP contribution is -2.59. The fourth-order valence-corrected chi connectivity index (χ4v) is 9.02. The zero-order valence-corrected chi connectivity index (χ0v) is 28.5. The van der Waals surface area contributed by atoms with Gasteiger partial charge in [-0.25, -0.2) is 0 Å². The molecule has 2 amide bonds. The second kappa shape index (κ2) is 12.3. The highest BCUT2D eigenvalue weighted by Gasteiger charge is 2.61. The summed E-state index contributed by atoms with van der Waals surface area (Å²) in [5, 5.41) is 10.3. The van der Waals surface area contributed by atoms with Crippen LogP contribution in [0, 0.1) is 34.5 Å². The first-order valence-corrected chi connectivity index (χ1v) is 16.6. The number of carbonyl (C=O) groups excluding carboxylic acids is 3. The molecule has 0 radical (unpaired) electrons. The monoisotopic (exact) mass is 611 g/mol. The van der Waals surface area contributed by atoms with Gasteiger partial charge in [-0.2, -0.15) is 0 Å². The molecule has 3 fully saturated rings. The highest BCUT2D eigenvalue weighted by atomic mass is 35.5. The molecule has 6 nitrogen and oxygen atoms in total. The minimum absolute atomic E-state index is 0.0661. The van der Waals surface area contributed by atoms with E-state index in [2.05, 4.69) is 56.6 Å². The summed E-state index contributed by atoms with van der Waals surface area (Å²) >= 11 is 5.85. The largest absolute Gasteiger partial charge is 0.351 e. The topological polar surface area (TPSA) is 87.3 Å². The Morgan fingerprint density at radius 3 is 2.30 bits per heavy atom. The average molecular weight is 612 g/mol. The van der Waals surface area contributed by atoms with Crippen molar-refractivity contribution in [3.8, 4) is 0 Å². The van der Waals surface area contributed by atoms with Crippen LogP contribution in [0.15, 0.2) is 36.4 Å². The van der Waals surface area contributed by atoms with Gasteiger partial charge in [-0.05, 0) is 128 Å². The van der Waals surface area contributed by atoms with Gasteiger partial charge in [0.1, 0.15) is 0 Å². The van der Waals surface area contributed by atoms with Crippen molar-refractivity contribution in [1.29, 1.82) is 0 Å². The lowest BCUT2D eigenvalue weighted by atomic mass is 9.48. The maximum atomic E-state index is 13.0. The summed E-state index contributed by atoms with van der Waals surface area (Å²) in [7, 11) is 0. The molecule has 1 unspecified atom stereocenters. The highest BCUT2D eigenvalue weighted by molar-refractivity contribution is 6.31. The summed E-state index contributed by atoms with van der Waals surface area (Å²) in [6.07, 6.45) is 10.7. The smallest absolute Gasteiger partial charge is 0.243 e. The van der Waals surface area contributed by atoms with Crippen LogP contribution in [0.1, 0.15) is 111 Å². The van der Waals surface area contributed by atoms with Crippen LogP contribution in [0.5, 0.6) is 0 Å². The Morgan fingerprint density at radius 2 is 1.67 bits per heavy atom. The van der Waals surface area contributed by atoms with Gasteiger partial charge in [-0.15, -0.1) is 0 Å². The van der Waals surface area contributed by atoms with Gasteiger partial charge in [0.05, 0.1) is 6.04 Å². The fourth-order valence-electron chi connectivity index (χ4n) is 8.83. The molecule has 238 valence electrons. The molecule has 8 atom stereocenters. The van der Waals surface area contributed by atoms with Gasteiger partial charge < -0.3 is 16.0 Å². The van der Waals surface area contributed by atoms with Crippen molar-refractivity contribution in [3.05, 3.63) is 47.0 Å². The molecule has 3 N–H and O–H groups in total. The zero-order chi connectivity index (χ0) is 32.0. The predicted molar refractivity (Wildman–Crippen MR) is 175 cm³/mol. The Kier molecular flexibility index (Phi) is 9.65. The Hall–Kier alpha value is -2.18. The fraction of sp³-hybridized carbons (Fsp3) is 0.694. The number of benzene rings is 1. The maximum absolute atomic E-state index is 13.0.